The molecule has 2 saturated carbocycles. The first-order valence-corrected chi connectivity index (χ1v) is 12.9. The summed E-state index contributed by atoms with van der Waals surface area (Å²) >= 11 is 0. The van der Waals surface area contributed by atoms with E-state index < -0.39 is 0 Å². The van der Waals surface area contributed by atoms with Crippen LogP contribution < -0.4 is 5.56 Å². The third-order valence-electron chi connectivity index (χ3n) is 9.02. The van der Waals surface area contributed by atoms with Crippen molar-refractivity contribution >= 4 is 16.8 Å². The van der Waals surface area contributed by atoms with Crippen molar-refractivity contribution in [3.05, 3.63) is 40.3 Å². The second kappa shape index (κ2) is 8.09. The summed E-state index contributed by atoms with van der Waals surface area (Å²) in [5, 5.41) is 0. The summed E-state index contributed by atoms with van der Waals surface area (Å²) in [5.41, 5.74) is 1.53. The maximum absolute atomic E-state index is 13.4. The molecule has 4 aliphatic rings. The maximum atomic E-state index is 13.4. The smallest absolute Gasteiger partial charge is 0.280 e. The quantitative estimate of drug-likeness (QED) is 0.630. The Morgan fingerprint density at radius 3 is 2.19 bits per heavy atom. The Hall–Kier alpha value is -2.01. The summed E-state index contributed by atoms with van der Waals surface area (Å²) < 4.78 is 1.94. The van der Waals surface area contributed by atoms with Gasteiger partial charge < -0.3 is 4.57 Å². The number of fused-ring (bicyclic) bond motifs is 5. The predicted octanol–water partition coefficient (Wildman–Crippen LogP) is 5.13. The third kappa shape index (κ3) is 3.44. The number of para-hydroxylation sites is 2. The second-order valence-corrected chi connectivity index (χ2v) is 11.0. The molecule has 1 aromatic carbocycles. The van der Waals surface area contributed by atoms with E-state index in [1.807, 2.05) is 28.8 Å². The van der Waals surface area contributed by atoms with Crippen molar-refractivity contribution < 1.29 is 4.79 Å². The van der Waals surface area contributed by atoms with E-state index in [0.29, 0.717) is 12.1 Å². The summed E-state index contributed by atoms with van der Waals surface area (Å²) in [6.07, 6.45) is 14.4. The molecular formula is C27H35N3O2. The molecule has 0 spiro atoms. The SMILES string of the molecule is CC(=O)c1nc2ccccc2n([C@H]2C[C@H]3CCC[C@@H](C2)N3C2CC3CCCC(C3)C2)c1=O. The Bertz CT molecular complexity index is 1070. The van der Waals surface area contributed by atoms with Crippen LogP contribution in [0, 0.1) is 11.8 Å². The molecule has 4 bridgehead atoms. The molecule has 2 aliphatic carbocycles. The van der Waals surface area contributed by atoms with Gasteiger partial charge in [-0.1, -0.05) is 37.8 Å². The molecule has 0 radical (unpaired) electrons. The molecule has 32 heavy (non-hydrogen) atoms. The molecule has 5 nitrogen and oxygen atoms in total. The lowest BCUT2D eigenvalue weighted by Crippen LogP contribution is -2.58. The Labute approximate surface area is 190 Å². The number of hydrogen-bond acceptors (Lipinski definition) is 4. The minimum atomic E-state index is -0.235. The molecule has 2 unspecified atom stereocenters. The van der Waals surface area contributed by atoms with Gasteiger partial charge in [-0.25, -0.2) is 4.98 Å². The van der Waals surface area contributed by atoms with Gasteiger partial charge in [0.15, 0.2) is 11.5 Å². The van der Waals surface area contributed by atoms with Crippen LogP contribution in [-0.2, 0) is 0 Å². The van der Waals surface area contributed by atoms with Crippen LogP contribution in [0.5, 0.6) is 0 Å². The number of piperidine rings is 2. The van der Waals surface area contributed by atoms with E-state index in [1.165, 1.54) is 64.7 Å². The zero-order chi connectivity index (χ0) is 21.8. The van der Waals surface area contributed by atoms with Crippen LogP contribution in [0.2, 0.25) is 0 Å². The van der Waals surface area contributed by atoms with Gasteiger partial charge in [-0.3, -0.25) is 14.5 Å². The number of aromatic nitrogens is 2. The van der Waals surface area contributed by atoms with Crippen molar-refractivity contribution in [1.29, 1.82) is 0 Å². The van der Waals surface area contributed by atoms with Crippen LogP contribution in [0.25, 0.3) is 11.0 Å². The van der Waals surface area contributed by atoms with Crippen LogP contribution in [0.15, 0.2) is 29.1 Å². The molecule has 4 fully saturated rings. The highest BCUT2D eigenvalue weighted by atomic mass is 16.1. The Balaban J connectivity index is 1.35. The number of hydrogen-bond donors (Lipinski definition) is 0. The molecule has 0 N–H and O–H groups in total. The van der Waals surface area contributed by atoms with Crippen LogP contribution in [-0.4, -0.2) is 38.4 Å². The number of carbonyl (C=O) groups is 1. The van der Waals surface area contributed by atoms with Gasteiger partial charge in [-0.05, 0) is 68.9 Å². The number of rotatable bonds is 3. The van der Waals surface area contributed by atoms with Gasteiger partial charge in [0, 0.05) is 31.1 Å². The standard InChI is InChI=1S/C27H35N3O2/c1-17(31)26-27(32)30(25-11-3-2-10-24(25)28-26)23-15-20-8-5-9-21(16-23)29(20)22-13-18-6-4-7-19(12-18)14-22/h2-3,10-11,18-23H,4-9,12-16H2,1H3/t18?,19?,20-,21+,22?,23+. The zero-order valence-electron chi connectivity index (χ0n) is 19.2. The highest BCUT2D eigenvalue weighted by molar-refractivity contribution is 5.93. The second-order valence-electron chi connectivity index (χ2n) is 11.0. The first-order chi connectivity index (χ1) is 15.6. The average Bonchev–Trinajstić information content (AvgIpc) is 2.77. The Morgan fingerprint density at radius 1 is 0.844 bits per heavy atom. The van der Waals surface area contributed by atoms with E-state index in [-0.39, 0.29) is 23.1 Å². The lowest BCUT2D eigenvalue weighted by molar-refractivity contribution is -0.0486. The van der Waals surface area contributed by atoms with Crippen molar-refractivity contribution in [1.82, 2.24) is 14.5 Å². The molecular weight excluding hydrogens is 398 g/mol. The summed E-state index contributed by atoms with van der Waals surface area (Å²) in [7, 11) is 0. The Morgan fingerprint density at radius 2 is 1.50 bits per heavy atom. The minimum absolute atomic E-state index is 0.0939. The number of Topliss-reactive ketones (excluding diaryl/α,β-unsaturated/α-hetero) is 1. The molecule has 1 aromatic heterocycles. The Kier molecular flexibility index (Phi) is 5.20. The molecule has 0 amide bonds. The monoisotopic (exact) mass is 433 g/mol. The topological polar surface area (TPSA) is 55.2 Å². The average molecular weight is 434 g/mol. The first kappa shape index (κ1) is 20.6. The van der Waals surface area contributed by atoms with E-state index in [4.69, 9.17) is 0 Å². The molecule has 170 valence electrons. The molecule has 5 atom stereocenters. The highest BCUT2D eigenvalue weighted by Gasteiger charge is 2.45. The van der Waals surface area contributed by atoms with Gasteiger partial charge in [-0.2, -0.15) is 0 Å². The van der Waals surface area contributed by atoms with Crippen molar-refractivity contribution in [2.75, 3.05) is 0 Å². The lowest BCUT2D eigenvalue weighted by atomic mass is 9.68. The zero-order valence-corrected chi connectivity index (χ0v) is 19.2. The van der Waals surface area contributed by atoms with E-state index in [2.05, 4.69) is 9.88 Å². The summed E-state index contributed by atoms with van der Waals surface area (Å²) in [6, 6.07) is 9.87. The van der Waals surface area contributed by atoms with Gasteiger partial charge in [0.1, 0.15) is 0 Å². The van der Waals surface area contributed by atoms with Crippen LogP contribution in [0.4, 0.5) is 0 Å². The van der Waals surface area contributed by atoms with Crippen LogP contribution >= 0.6 is 0 Å². The minimum Gasteiger partial charge on any atom is -0.302 e. The van der Waals surface area contributed by atoms with Crippen LogP contribution in [0.3, 0.4) is 0 Å². The highest BCUT2D eigenvalue weighted by Crippen LogP contribution is 2.47. The van der Waals surface area contributed by atoms with E-state index in [0.717, 1.165) is 41.8 Å². The largest absolute Gasteiger partial charge is 0.302 e. The molecule has 2 saturated heterocycles. The fraction of sp³-hybridized carbons (Fsp3) is 0.667. The molecule has 2 aliphatic heterocycles. The predicted molar refractivity (Wildman–Crippen MR) is 126 cm³/mol. The van der Waals surface area contributed by atoms with Gasteiger partial charge in [0.25, 0.3) is 5.56 Å². The van der Waals surface area contributed by atoms with Crippen molar-refractivity contribution in [3.63, 3.8) is 0 Å². The maximum Gasteiger partial charge on any atom is 0.280 e. The molecule has 5 heteroatoms. The van der Waals surface area contributed by atoms with E-state index in [9.17, 15) is 9.59 Å². The van der Waals surface area contributed by atoms with Crippen molar-refractivity contribution in [3.8, 4) is 0 Å². The van der Waals surface area contributed by atoms with Gasteiger partial charge in [0.2, 0.25) is 0 Å². The number of ketones is 1. The van der Waals surface area contributed by atoms with Crippen molar-refractivity contribution in [2.45, 2.75) is 102 Å². The first-order valence-electron chi connectivity index (χ1n) is 12.9. The molecule has 3 heterocycles. The fourth-order valence-electron chi connectivity index (χ4n) is 7.88. The summed E-state index contributed by atoms with van der Waals surface area (Å²) in [5.74, 6) is 1.65. The number of carbonyl (C=O) groups excluding carboxylic acids is 1. The molecule has 6 rings (SSSR count). The lowest BCUT2D eigenvalue weighted by Gasteiger charge is -2.55. The summed E-state index contributed by atoms with van der Waals surface area (Å²) in [6.45, 7) is 1.46. The normalized spacial score (nSPS) is 35.0. The van der Waals surface area contributed by atoms with Crippen LogP contribution in [0.1, 0.15) is 94.1 Å². The van der Waals surface area contributed by atoms with Crippen molar-refractivity contribution in [2.24, 2.45) is 11.8 Å². The molecule has 2 aromatic rings. The van der Waals surface area contributed by atoms with Gasteiger partial charge in [0.05, 0.1) is 11.0 Å². The van der Waals surface area contributed by atoms with Gasteiger partial charge in [-0.15, -0.1) is 0 Å². The van der Waals surface area contributed by atoms with E-state index >= 15 is 0 Å². The third-order valence-corrected chi connectivity index (χ3v) is 9.02. The number of nitrogens with zero attached hydrogens (tertiary/aromatic N) is 3. The summed E-state index contributed by atoms with van der Waals surface area (Å²) in [4.78, 5) is 33.0. The van der Waals surface area contributed by atoms with Gasteiger partial charge >= 0.3 is 0 Å². The number of benzene rings is 1. The van der Waals surface area contributed by atoms with E-state index in [1.54, 1.807) is 0 Å². The fourth-order valence-corrected chi connectivity index (χ4v) is 7.88.